The van der Waals surface area contributed by atoms with Crippen LogP contribution in [0.5, 0.6) is 0 Å². The quantitative estimate of drug-likeness (QED) is 0.511. The average molecular weight is 234 g/mol. The highest BCUT2D eigenvalue weighted by atomic mass is 35.6. The molecule has 0 aromatic carbocycles. The van der Waals surface area contributed by atoms with Gasteiger partial charge in [0.25, 0.3) is 0 Å². The first kappa shape index (κ1) is 9.93. The summed E-state index contributed by atoms with van der Waals surface area (Å²) in [6.45, 7) is 2.80. The Kier molecular flexibility index (Phi) is 3.35. The summed E-state index contributed by atoms with van der Waals surface area (Å²) >= 11 is 18.5. The summed E-state index contributed by atoms with van der Waals surface area (Å²) in [6.07, 6.45) is -0.345. The predicted octanol–water partition coefficient (Wildman–Crippen LogP) is 2.69. The molecule has 0 aromatic rings. The largest absolute Gasteiger partial charge is 0.261 e. The van der Waals surface area contributed by atoms with Crippen molar-refractivity contribution in [3.63, 3.8) is 0 Å². The van der Waals surface area contributed by atoms with Crippen molar-refractivity contribution in [2.75, 3.05) is 6.54 Å². The van der Waals surface area contributed by atoms with Crippen LogP contribution in [0, 0.1) is 0 Å². The van der Waals surface area contributed by atoms with Crippen LogP contribution in [0.2, 0.25) is 0 Å². The van der Waals surface area contributed by atoms with Gasteiger partial charge in [0, 0.05) is 6.54 Å². The van der Waals surface area contributed by atoms with Crippen LogP contribution in [-0.4, -0.2) is 26.4 Å². The van der Waals surface area contributed by atoms with E-state index in [9.17, 15) is 0 Å². The third-order valence-electron chi connectivity index (χ3n) is 1.26. The van der Waals surface area contributed by atoms with Crippen molar-refractivity contribution in [1.29, 1.82) is 0 Å². The zero-order chi connectivity index (χ0) is 8.48. The SMILES string of the molecule is CCN1SC=NC1C(Cl)(Cl)Cl. The zero-order valence-corrected chi connectivity index (χ0v) is 8.88. The lowest BCUT2D eigenvalue weighted by atomic mass is 10.5. The third-order valence-corrected chi connectivity index (χ3v) is 2.79. The fourth-order valence-corrected chi connectivity index (χ4v) is 2.24. The molecule has 0 fully saturated rings. The molecule has 6 heteroatoms. The Bertz CT molecular complexity index is 168. The zero-order valence-electron chi connectivity index (χ0n) is 5.80. The van der Waals surface area contributed by atoms with Gasteiger partial charge in [0.15, 0.2) is 6.17 Å². The van der Waals surface area contributed by atoms with Gasteiger partial charge in [0.05, 0.1) is 5.55 Å². The molecular formula is C5H7Cl3N2S. The van der Waals surface area contributed by atoms with Gasteiger partial charge in [-0.1, -0.05) is 41.7 Å². The monoisotopic (exact) mass is 232 g/mol. The Morgan fingerprint density at radius 1 is 1.64 bits per heavy atom. The smallest absolute Gasteiger partial charge is 0.226 e. The maximum Gasteiger partial charge on any atom is 0.226 e. The van der Waals surface area contributed by atoms with Crippen LogP contribution in [0.3, 0.4) is 0 Å². The number of hydrogen-bond donors (Lipinski definition) is 0. The average Bonchev–Trinajstić information content (AvgIpc) is 2.31. The number of aliphatic imine (C=N–C) groups is 1. The van der Waals surface area contributed by atoms with Crippen LogP contribution in [0.25, 0.3) is 0 Å². The summed E-state index contributed by atoms with van der Waals surface area (Å²) in [7, 11) is 0. The van der Waals surface area contributed by atoms with Crippen molar-refractivity contribution >= 4 is 52.3 Å². The van der Waals surface area contributed by atoms with Gasteiger partial charge >= 0.3 is 0 Å². The number of rotatable bonds is 1. The maximum absolute atomic E-state index is 5.68. The molecule has 11 heavy (non-hydrogen) atoms. The van der Waals surface area contributed by atoms with E-state index in [0.717, 1.165) is 6.54 Å². The summed E-state index contributed by atoms with van der Waals surface area (Å²) in [5.74, 6) is 0. The molecule has 0 radical (unpaired) electrons. The van der Waals surface area contributed by atoms with E-state index >= 15 is 0 Å². The Balaban J connectivity index is 2.63. The highest BCUT2D eigenvalue weighted by Gasteiger charge is 2.38. The van der Waals surface area contributed by atoms with Gasteiger partial charge in [-0.05, 0) is 11.9 Å². The van der Waals surface area contributed by atoms with Crippen LogP contribution in [-0.2, 0) is 0 Å². The Morgan fingerprint density at radius 2 is 2.27 bits per heavy atom. The standard InChI is InChI=1S/C5H7Cl3N2S/c1-2-10-4(5(6,7)8)9-3-11-10/h3-4H,2H2,1H3. The number of nitrogens with zero attached hydrogens (tertiary/aromatic N) is 2. The molecule has 1 heterocycles. The van der Waals surface area contributed by atoms with Crippen LogP contribution >= 0.6 is 46.8 Å². The van der Waals surface area contributed by atoms with Crippen LogP contribution in [0.4, 0.5) is 0 Å². The normalized spacial score (nSPS) is 26.4. The first-order valence-corrected chi connectivity index (χ1v) is 5.04. The summed E-state index contributed by atoms with van der Waals surface area (Å²) in [6, 6.07) is 0. The van der Waals surface area contributed by atoms with E-state index in [1.807, 2.05) is 11.2 Å². The number of alkyl halides is 3. The fraction of sp³-hybridized carbons (Fsp3) is 0.800. The molecule has 0 N–H and O–H groups in total. The lowest BCUT2D eigenvalue weighted by Gasteiger charge is -2.25. The van der Waals surface area contributed by atoms with Gasteiger partial charge in [0.1, 0.15) is 0 Å². The Morgan fingerprint density at radius 3 is 2.64 bits per heavy atom. The van der Waals surface area contributed by atoms with Crippen LogP contribution < -0.4 is 0 Å². The van der Waals surface area contributed by atoms with Gasteiger partial charge in [-0.15, -0.1) is 0 Å². The summed E-state index contributed by atoms with van der Waals surface area (Å²) in [5.41, 5.74) is 1.69. The van der Waals surface area contributed by atoms with Gasteiger partial charge in [-0.3, -0.25) is 4.99 Å². The molecule has 1 unspecified atom stereocenters. The van der Waals surface area contributed by atoms with Gasteiger partial charge < -0.3 is 0 Å². The molecule has 64 valence electrons. The fourth-order valence-electron chi connectivity index (χ4n) is 0.773. The molecule has 0 aromatic heterocycles. The van der Waals surface area contributed by atoms with Gasteiger partial charge in [-0.25, -0.2) is 4.31 Å². The van der Waals surface area contributed by atoms with E-state index in [0.29, 0.717) is 0 Å². The highest BCUT2D eigenvalue weighted by Crippen LogP contribution is 2.38. The minimum absolute atomic E-state index is 0.345. The second kappa shape index (κ2) is 3.71. The topological polar surface area (TPSA) is 15.6 Å². The van der Waals surface area contributed by atoms with E-state index in [2.05, 4.69) is 4.99 Å². The minimum atomic E-state index is -1.32. The minimum Gasteiger partial charge on any atom is -0.261 e. The third kappa shape index (κ3) is 2.39. The molecule has 2 nitrogen and oxygen atoms in total. The molecule has 0 bridgehead atoms. The highest BCUT2D eigenvalue weighted by molar-refractivity contribution is 8.10. The van der Waals surface area contributed by atoms with Crippen molar-refractivity contribution in [3.8, 4) is 0 Å². The summed E-state index contributed by atoms with van der Waals surface area (Å²) in [4.78, 5) is 4.03. The van der Waals surface area contributed by atoms with Crippen molar-refractivity contribution in [2.45, 2.75) is 16.9 Å². The molecule has 1 aliphatic heterocycles. The van der Waals surface area contributed by atoms with Crippen molar-refractivity contribution in [3.05, 3.63) is 0 Å². The molecule has 0 amide bonds. The summed E-state index contributed by atoms with van der Waals surface area (Å²) in [5, 5.41) is 0. The number of halogens is 3. The molecule has 1 aliphatic rings. The van der Waals surface area contributed by atoms with Crippen molar-refractivity contribution < 1.29 is 0 Å². The van der Waals surface area contributed by atoms with E-state index < -0.39 is 3.79 Å². The molecule has 0 saturated heterocycles. The van der Waals surface area contributed by atoms with E-state index in [1.54, 1.807) is 5.55 Å². The molecule has 1 rings (SSSR count). The predicted molar refractivity (Wildman–Crippen MR) is 52.5 cm³/mol. The molecule has 0 aliphatic carbocycles. The second-order valence-corrected chi connectivity index (χ2v) is 5.27. The van der Waals surface area contributed by atoms with Crippen LogP contribution in [0.1, 0.15) is 6.92 Å². The number of hydrogen-bond acceptors (Lipinski definition) is 3. The lowest BCUT2D eigenvalue weighted by molar-refractivity contribution is 0.392. The molecular weight excluding hydrogens is 226 g/mol. The van der Waals surface area contributed by atoms with Gasteiger partial charge in [-0.2, -0.15) is 0 Å². The van der Waals surface area contributed by atoms with Crippen molar-refractivity contribution in [2.24, 2.45) is 4.99 Å². The lowest BCUT2D eigenvalue weighted by Crippen LogP contribution is -2.35. The van der Waals surface area contributed by atoms with Crippen molar-refractivity contribution in [1.82, 2.24) is 4.31 Å². The van der Waals surface area contributed by atoms with E-state index in [1.165, 1.54) is 11.9 Å². The Labute approximate surface area is 85.0 Å². The van der Waals surface area contributed by atoms with E-state index in [4.69, 9.17) is 34.8 Å². The second-order valence-electron chi connectivity index (χ2n) is 2.01. The maximum atomic E-state index is 5.68. The van der Waals surface area contributed by atoms with E-state index in [-0.39, 0.29) is 6.17 Å². The van der Waals surface area contributed by atoms with Crippen LogP contribution in [0.15, 0.2) is 4.99 Å². The first-order chi connectivity index (χ1) is 5.05. The Hall–Kier alpha value is 0.850. The molecule has 1 atom stereocenters. The molecule has 0 spiro atoms. The summed E-state index contributed by atoms with van der Waals surface area (Å²) < 4.78 is 0.586. The molecule has 0 saturated carbocycles. The first-order valence-electron chi connectivity index (χ1n) is 3.07. The van der Waals surface area contributed by atoms with Gasteiger partial charge in [0.2, 0.25) is 3.79 Å².